The van der Waals surface area contributed by atoms with Crippen molar-refractivity contribution < 1.29 is 0 Å². The van der Waals surface area contributed by atoms with Crippen LogP contribution in [0.15, 0.2) is 0 Å². The molecule has 1 rings (SSSR count). The van der Waals surface area contributed by atoms with Gasteiger partial charge in [-0.15, -0.1) is 0 Å². The molecular formula is C11H23NS. The third-order valence-electron chi connectivity index (χ3n) is 2.93. The third kappa shape index (κ3) is 4.37. The minimum absolute atomic E-state index is 0.483. The molecule has 0 aliphatic heterocycles. The van der Waals surface area contributed by atoms with Gasteiger partial charge in [0.2, 0.25) is 0 Å². The lowest BCUT2D eigenvalue weighted by atomic mass is 10.0. The van der Waals surface area contributed by atoms with E-state index in [0.29, 0.717) is 5.54 Å². The summed E-state index contributed by atoms with van der Waals surface area (Å²) in [6.07, 6.45) is 6.94. The van der Waals surface area contributed by atoms with E-state index in [2.05, 4.69) is 19.2 Å². The van der Waals surface area contributed by atoms with Gasteiger partial charge in [0.25, 0.3) is 0 Å². The summed E-state index contributed by atoms with van der Waals surface area (Å²) in [5.41, 5.74) is 0.483. The summed E-state index contributed by atoms with van der Waals surface area (Å²) in [4.78, 5) is 0. The minimum Gasteiger partial charge on any atom is -0.311 e. The molecule has 0 aromatic carbocycles. The minimum atomic E-state index is 0.483. The van der Waals surface area contributed by atoms with Gasteiger partial charge in [-0.1, -0.05) is 19.8 Å². The van der Waals surface area contributed by atoms with Crippen LogP contribution in [0.4, 0.5) is 0 Å². The van der Waals surface area contributed by atoms with Gasteiger partial charge in [-0.25, -0.2) is 0 Å². The highest BCUT2D eigenvalue weighted by molar-refractivity contribution is 7.99. The van der Waals surface area contributed by atoms with Crippen molar-refractivity contribution in [1.82, 2.24) is 5.32 Å². The van der Waals surface area contributed by atoms with Crippen molar-refractivity contribution in [1.29, 1.82) is 0 Å². The Bertz CT molecular complexity index is 130. The van der Waals surface area contributed by atoms with E-state index in [1.54, 1.807) is 0 Å². The SMILES string of the molecule is CCSCCCNC1(C)CCCC1. The molecule has 0 spiro atoms. The van der Waals surface area contributed by atoms with Crippen LogP contribution in [0.3, 0.4) is 0 Å². The van der Waals surface area contributed by atoms with E-state index >= 15 is 0 Å². The van der Waals surface area contributed by atoms with Gasteiger partial charge >= 0.3 is 0 Å². The number of thioether (sulfide) groups is 1. The van der Waals surface area contributed by atoms with Crippen LogP contribution >= 0.6 is 11.8 Å². The molecule has 0 bridgehead atoms. The molecule has 0 radical (unpaired) electrons. The Kier molecular flexibility index (Phi) is 5.18. The highest BCUT2D eigenvalue weighted by Crippen LogP contribution is 2.28. The Morgan fingerprint density at radius 3 is 2.62 bits per heavy atom. The Labute approximate surface area is 87.1 Å². The fourth-order valence-corrected chi connectivity index (χ4v) is 2.68. The number of nitrogens with one attached hydrogen (secondary N) is 1. The molecule has 0 aromatic heterocycles. The number of rotatable bonds is 6. The lowest BCUT2D eigenvalue weighted by Crippen LogP contribution is -2.40. The highest BCUT2D eigenvalue weighted by Gasteiger charge is 2.26. The molecule has 0 aromatic rings. The van der Waals surface area contributed by atoms with Crippen molar-refractivity contribution in [2.45, 2.75) is 51.5 Å². The van der Waals surface area contributed by atoms with Crippen molar-refractivity contribution in [3.8, 4) is 0 Å². The number of hydrogen-bond donors (Lipinski definition) is 1. The third-order valence-corrected chi connectivity index (χ3v) is 3.91. The molecule has 1 nitrogen and oxygen atoms in total. The Morgan fingerprint density at radius 2 is 2.00 bits per heavy atom. The fraction of sp³-hybridized carbons (Fsp3) is 1.00. The Balaban J connectivity index is 1.98. The quantitative estimate of drug-likeness (QED) is 0.663. The van der Waals surface area contributed by atoms with E-state index in [1.165, 1.54) is 50.2 Å². The first-order valence-electron chi connectivity index (χ1n) is 5.60. The van der Waals surface area contributed by atoms with Crippen LogP contribution in [0.1, 0.15) is 46.0 Å². The van der Waals surface area contributed by atoms with E-state index in [-0.39, 0.29) is 0 Å². The first-order chi connectivity index (χ1) is 6.27. The Hall–Kier alpha value is 0.310. The van der Waals surface area contributed by atoms with Gasteiger partial charge in [0.05, 0.1) is 0 Å². The van der Waals surface area contributed by atoms with Crippen molar-refractivity contribution in [3.63, 3.8) is 0 Å². The predicted octanol–water partition coefficient (Wildman–Crippen LogP) is 3.05. The smallest absolute Gasteiger partial charge is 0.0153 e. The highest BCUT2D eigenvalue weighted by atomic mass is 32.2. The normalized spacial score (nSPS) is 20.8. The largest absolute Gasteiger partial charge is 0.311 e. The first-order valence-corrected chi connectivity index (χ1v) is 6.75. The van der Waals surface area contributed by atoms with Gasteiger partial charge in [0.15, 0.2) is 0 Å². The molecule has 1 saturated carbocycles. The Morgan fingerprint density at radius 1 is 1.31 bits per heavy atom. The lowest BCUT2D eigenvalue weighted by Gasteiger charge is -2.25. The average Bonchev–Trinajstić information content (AvgIpc) is 2.53. The van der Waals surface area contributed by atoms with E-state index in [1.807, 2.05) is 11.8 Å². The van der Waals surface area contributed by atoms with Gasteiger partial charge in [-0.05, 0) is 44.2 Å². The summed E-state index contributed by atoms with van der Waals surface area (Å²) in [7, 11) is 0. The van der Waals surface area contributed by atoms with Gasteiger partial charge in [0.1, 0.15) is 0 Å². The molecule has 78 valence electrons. The van der Waals surface area contributed by atoms with Crippen LogP contribution in [-0.4, -0.2) is 23.6 Å². The van der Waals surface area contributed by atoms with Crippen LogP contribution in [0.25, 0.3) is 0 Å². The monoisotopic (exact) mass is 201 g/mol. The second-order valence-corrected chi connectivity index (χ2v) is 5.64. The van der Waals surface area contributed by atoms with Crippen molar-refractivity contribution in [2.75, 3.05) is 18.1 Å². The summed E-state index contributed by atoms with van der Waals surface area (Å²) < 4.78 is 0. The van der Waals surface area contributed by atoms with Crippen LogP contribution in [0, 0.1) is 0 Å². The molecule has 1 aliphatic carbocycles. The number of hydrogen-bond acceptors (Lipinski definition) is 2. The van der Waals surface area contributed by atoms with Gasteiger partial charge in [0, 0.05) is 5.54 Å². The summed E-state index contributed by atoms with van der Waals surface area (Å²) in [5.74, 6) is 2.58. The molecule has 2 heteroatoms. The summed E-state index contributed by atoms with van der Waals surface area (Å²) in [5, 5.41) is 3.70. The van der Waals surface area contributed by atoms with Crippen LogP contribution in [0.5, 0.6) is 0 Å². The second-order valence-electron chi connectivity index (χ2n) is 4.25. The molecule has 0 heterocycles. The van der Waals surface area contributed by atoms with E-state index in [9.17, 15) is 0 Å². The van der Waals surface area contributed by atoms with Gasteiger partial charge < -0.3 is 5.32 Å². The van der Waals surface area contributed by atoms with E-state index in [4.69, 9.17) is 0 Å². The molecule has 1 fully saturated rings. The van der Waals surface area contributed by atoms with E-state index < -0.39 is 0 Å². The zero-order valence-electron chi connectivity index (χ0n) is 9.07. The maximum absolute atomic E-state index is 3.70. The molecule has 0 unspecified atom stereocenters. The zero-order chi connectivity index (χ0) is 9.57. The molecule has 1 aliphatic rings. The summed E-state index contributed by atoms with van der Waals surface area (Å²) in [6, 6.07) is 0. The van der Waals surface area contributed by atoms with Gasteiger partial charge in [-0.2, -0.15) is 11.8 Å². The topological polar surface area (TPSA) is 12.0 Å². The maximum atomic E-state index is 3.70. The van der Waals surface area contributed by atoms with Crippen molar-refractivity contribution >= 4 is 11.8 Å². The molecular weight excluding hydrogens is 178 g/mol. The molecule has 13 heavy (non-hydrogen) atoms. The predicted molar refractivity (Wildman–Crippen MR) is 62.5 cm³/mol. The fourth-order valence-electron chi connectivity index (χ4n) is 2.04. The van der Waals surface area contributed by atoms with E-state index in [0.717, 1.165) is 0 Å². The molecule has 0 amide bonds. The maximum Gasteiger partial charge on any atom is 0.0153 e. The van der Waals surface area contributed by atoms with Crippen LogP contribution in [0.2, 0.25) is 0 Å². The summed E-state index contributed by atoms with van der Waals surface area (Å²) >= 11 is 2.05. The molecule has 0 atom stereocenters. The zero-order valence-corrected chi connectivity index (χ0v) is 9.88. The van der Waals surface area contributed by atoms with Gasteiger partial charge in [-0.3, -0.25) is 0 Å². The first kappa shape index (κ1) is 11.4. The molecule has 1 N–H and O–H groups in total. The summed E-state index contributed by atoms with van der Waals surface area (Å²) in [6.45, 7) is 5.83. The lowest BCUT2D eigenvalue weighted by molar-refractivity contribution is 0.366. The van der Waals surface area contributed by atoms with Crippen LogP contribution < -0.4 is 5.32 Å². The average molecular weight is 201 g/mol. The second kappa shape index (κ2) is 5.92. The van der Waals surface area contributed by atoms with Crippen molar-refractivity contribution in [3.05, 3.63) is 0 Å². The van der Waals surface area contributed by atoms with Crippen molar-refractivity contribution in [2.24, 2.45) is 0 Å². The standard InChI is InChI=1S/C11H23NS/c1-3-13-10-6-9-12-11(2)7-4-5-8-11/h12H,3-10H2,1-2H3. The molecule has 0 saturated heterocycles. The van der Waals surface area contributed by atoms with Crippen LogP contribution in [-0.2, 0) is 0 Å².